The molecule has 3 aliphatic rings. The lowest BCUT2D eigenvalue weighted by Crippen LogP contribution is -2.57. The molecule has 0 bridgehead atoms. The van der Waals surface area contributed by atoms with Crippen molar-refractivity contribution < 1.29 is 58.1 Å². The van der Waals surface area contributed by atoms with E-state index in [9.17, 15) is 24.9 Å². The Bertz CT molecular complexity index is 1190. The van der Waals surface area contributed by atoms with Gasteiger partial charge in [0.15, 0.2) is 18.4 Å². The molecule has 1 unspecified atom stereocenters. The minimum Gasteiger partial charge on any atom is -0.462 e. The number of aliphatic hydroxyl groups is 3. The average molecular weight is 834 g/mol. The van der Waals surface area contributed by atoms with Crippen molar-refractivity contribution in [3.63, 3.8) is 0 Å². The standard InChI is InChI=1S/C39H69NO11.C2H6O.2C2H6/c1-13-29-17-31(42)25(5)36(51-34-20-38(9,46-12)37(44)27(7)49-34)26(6)32(50-33-18-30(40(10)11)16-24(4)48-33)15-14-22(2)35(43)23(3)19-39(29,45)21-47-28(8)41;1-3-2;2*1-2/h19,22,24-27,29-34,36-37,42,44-45H,13-18,20-21H2,1-12H3;1-2H3;2*1-2H3/b23-19+;;;/t22-,24-,25+,26-,27+,29+,30+,31?,32+,33+,34+,36-,37+,38-,39-;;;/m1.../s1. The number of methoxy groups -OCH3 is 2. The van der Waals surface area contributed by atoms with Crippen LogP contribution < -0.4 is 0 Å². The summed E-state index contributed by atoms with van der Waals surface area (Å²) < 4.78 is 41.6. The second-order valence-electron chi connectivity index (χ2n) is 16.7. The Labute approximate surface area is 352 Å². The third kappa shape index (κ3) is 16.7. The number of nitrogens with zero attached hydrogens (tertiary/aromatic N) is 1. The Kier molecular flexibility index (Phi) is 26.7. The van der Waals surface area contributed by atoms with Crippen molar-refractivity contribution in [1.29, 1.82) is 0 Å². The number of hydrogen-bond donors (Lipinski definition) is 3. The highest BCUT2D eigenvalue weighted by Crippen LogP contribution is 2.39. The second-order valence-corrected chi connectivity index (χ2v) is 16.7. The lowest BCUT2D eigenvalue weighted by Gasteiger charge is -2.47. The number of rotatable bonds is 9. The van der Waals surface area contributed by atoms with Gasteiger partial charge in [-0.25, -0.2) is 0 Å². The summed E-state index contributed by atoms with van der Waals surface area (Å²) in [5.74, 6) is -2.41. The summed E-state index contributed by atoms with van der Waals surface area (Å²) in [6.07, 6.45) is 0.283. The SMILES string of the molecule is CC.CC.CC[C@H]1CC(O)[C@H](C)[C@@H](O[C@H]2C[C@@](C)(OC)[C@@H](O)[C@H](C)O2)[C@H](C)[C@@H](O[C@H]2C[C@@H](N(C)C)C[C@@H](C)O2)CC[C@@H](C)C(=O)/C(C)=C/[C@@]1(O)COC(C)=O.COC. The zero-order chi connectivity index (χ0) is 45.1. The van der Waals surface area contributed by atoms with E-state index in [4.69, 9.17) is 28.4 Å². The maximum Gasteiger partial charge on any atom is 0.302 e. The van der Waals surface area contributed by atoms with Gasteiger partial charge in [-0.1, -0.05) is 61.8 Å². The van der Waals surface area contributed by atoms with Crippen LogP contribution in [0.5, 0.6) is 0 Å². The van der Waals surface area contributed by atoms with Crippen molar-refractivity contribution in [2.45, 2.75) is 201 Å². The van der Waals surface area contributed by atoms with Crippen LogP contribution >= 0.6 is 0 Å². The molecule has 58 heavy (non-hydrogen) atoms. The minimum absolute atomic E-state index is 0.00183. The lowest BCUT2D eigenvalue weighted by molar-refractivity contribution is -0.304. The molecule has 0 spiro atoms. The van der Waals surface area contributed by atoms with E-state index in [1.54, 1.807) is 35.2 Å². The molecular formula is C45H87NO12. The summed E-state index contributed by atoms with van der Waals surface area (Å²) in [5.41, 5.74) is -2.22. The molecule has 0 aromatic rings. The highest BCUT2D eigenvalue weighted by molar-refractivity contribution is 5.96. The zero-order valence-corrected chi connectivity index (χ0v) is 39.7. The quantitative estimate of drug-likeness (QED) is 0.210. The molecule has 2 aliphatic heterocycles. The van der Waals surface area contributed by atoms with Crippen molar-refractivity contribution in [2.24, 2.45) is 23.7 Å². The normalized spacial score (nSPS) is 39.9. The number of allylic oxidation sites excluding steroid dienone is 1. The van der Waals surface area contributed by atoms with E-state index in [-0.39, 0.29) is 43.3 Å². The van der Waals surface area contributed by atoms with E-state index in [0.717, 1.165) is 6.42 Å². The fourth-order valence-electron chi connectivity index (χ4n) is 8.26. The summed E-state index contributed by atoms with van der Waals surface area (Å²) in [5, 5.41) is 35.0. The number of carbonyl (C=O) groups excluding carboxylic acids is 2. The molecule has 3 rings (SSSR count). The molecule has 13 heteroatoms. The summed E-state index contributed by atoms with van der Waals surface area (Å²) in [6.45, 7) is 24.0. The number of aliphatic hydroxyl groups excluding tert-OH is 2. The van der Waals surface area contributed by atoms with E-state index in [2.05, 4.69) is 30.7 Å². The van der Waals surface area contributed by atoms with Crippen LogP contribution in [0, 0.1) is 23.7 Å². The van der Waals surface area contributed by atoms with Crippen molar-refractivity contribution in [3.05, 3.63) is 11.6 Å². The Hall–Kier alpha value is -1.52. The zero-order valence-electron chi connectivity index (χ0n) is 39.7. The summed E-state index contributed by atoms with van der Waals surface area (Å²) in [7, 11) is 8.94. The predicted octanol–water partition coefficient (Wildman–Crippen LogP) is 6.72. The van der Waals surface area contributed by atoms with E-state index in [0.29, 0.717) is 31.3 Å². The van der Waals surface area contributed by atoms with Crippen LogP contribution in [-0.2, 0) is 42.7 Å². The largest absolute Gasteiger partial charge is 0.462 e. The molecule has 0 amide bonds. The van der Waals surface area contributed by atoms with E-state index in [1.165, 1.54) is 13.0 Å². The van der Waals surface area contributed by atoms with Gasteiger partial charge in [0.2, 0.25) is 0 Å². The lowest BCUT2D eigenvalue weighted by atomic mass is 9.75. The maximum absolute atomic E-state index is 13.8. The molecule has 2 fully saturated rings. The molecule has 3 N–H and O–H groups in total. The van der Waals surface area contributed by atoms with E-state index >= 15 is 0 Å². The van der Waals surface area contributed by atoms with Gasteiger partial charge >= 0.3 is 5.97 Å². The Morgan fingerprint density at radius 3 is 2.02 bits per heavy atom. The molecule has 2 saturated heterocycles. The van der Waals surface area contributed by atoms with Gasteiger partial charge in [-0.05, 0) is 85.0 Å². The highest BCUT2D eigenvalue weighted by atomic mass is 16.7. The van der Waals surface area contributed by atoms with Crippen molar-refractivity contribution in [2.75, 3.05) is 42.0 Å². The van der Waals surface area contributed by atoms with Crippen LogP contribution in [0.25, 0.3) is 0 Å². The van der Waals surface area contributed by atoms with Gasteiger partial charge in [0, 0.05) is 64.9 Å². The molecule has 13 nitrogen and oxygen atoms in total. The number of Topliss-reactive ketones (excluding diaryl/α,β-unsaturated/α-hetero) is 1. The van der Waals surface area contributed by atoms with Crippen molar-refractivity contribution >= 4 is 11.8 Å². The monoisotopic (exact) mass is 834 g/mol. The van der Waals surface area contributed by atoms with Crippen LogP contribution in [-0.4, -0.2) is 140 Å². The van der Waals surface area contributed by atoms with Gasteiger partial charge in [0.25, 0.3) is 0 Å². The third-order valence-electron chi connectivity index (χ3n) is 11.9. The second kappa shape index (κ2) is 27.4. The van der Waals surface area contributed by atoms with Gasteiger partial charge in [-0.3, -0.25) is 9.59 Å². The predicted molar refractivity (Wildman–Crippen MR) is 228 cm³/mol. The van der Waals surface area contributed by atoms with Crippen molar-refractivity contribution in [3.8, 4) is 0 Å². The van der Waals surface area contributed by atoms with E-state index < -0.39 is 78.0 Å². The fraction of sp³-hybridized carbons (Fsp3) is 0.911. The van der Waals surface area contributed by atoms with Gasteiger partial charge in [0.1, 0.15) is 18.3 Å². The summed E-state index contributed by atoms with van der Waals surface area (Å²) in [6, 6.07) is 0.278. The number of carbonyl (C=O) groups is 2. The first kappa shape index (κ1) is 56.5. The molecule has 0 aromatic heterocycles. The van der Waals surface area contributed by atoms with Crippen LogP contribution in [0.2, 0.25) is 0 Å². The molecule has 344 valence electrons. The number of ketones is 1. The fourth-order valence-corrected chi connectivity index (χ4v) is 8.26. The molecule has 2 heterocycles. The Morgan fingerprint density at radius 2 is 1.50 bits per heavy atom. The topological polar surface area (TPSA) is 163 Å². The smallest absolute Gasteiger partial charge is 0.302 e. The first-order valence-electron chi connectivity index (χ1n) is 21.9. The molecule has 0 saturated carbocycles. The average Bonchev–Trinajstić information content (AvgIpc) is 3.18. The Morgan fingerprint density at radius 1 is 0.914 bits per heavy atom. The first-order valence-corrected chi connectivity index (χ1v) is 21.9. The molecule has 15 atom stereocenters. The number of ether oxygens (including phenoxy) is 7. The summed E-state index contributed by atoms with van der Waals surface area (Å²) in [4.78, 5) is 27.9. The molecular weight excluding hydrogens is 746 g/mol. The number of esters is 1. The molecule has 0 aromatic carbocycles. The highest BCUT2D eigenvalue weighted by Gasteiger charge is 2.48. The van der Waals surface area contributed by atoms with Crippen LogP contribution in [0.4, 0.5) is 0 Å². The first-order chi connectivity index (χ1) is 27.2. The van der Waals surface area contributed by atoms with Crippen LogP contribution in [0.15, 0.2) is 11.6 Å². The van der Waals surface area contributed by atoms with E-state index in [1.807, 2.05) is 62.3 Å². The van der Waals surface area contributed by atoms with Gasteiger partial charge in [0.05, 0.1) is 36.1 Å². The maximum atomic E-state index is 13.8. The molecule has 1 aliphatic carbocycles. The van der Waals surface area contributed by atoms with Gasteiger partial charge in [-0.15, -0.1) is 0 Å². The third-order valence-corrected chi connectivity index (χ3v) is 11.9. The van der Waals surface area contributed by atoms with Gasteiger partial charge in [-0.2, -0.15) is 0 Å². The van der Waals surface area contributed by atoms with Crippen LogP contribution in [0.3, 0.4) is 0 Å². The Balaban J connectivity index is 0.00000436. The number of hydrogen-bond acceptors (Lipinski definition) is 13. The van der Waals surface area contributed by atoms with Crippen LogP contribution in [0.1, 0.15) is 135 Å². The summed E-state index contributed by atoms with van der Waals surface area (Å²) >= 11 is 0. The van der Waals surface area contributed by atoms with Crippen molar-refractivity contribution in [1.82, 2.24) is 4.90 Å². The minimum atomic E-state index is -1.69. The van der Waals surface area contributed by atoms with Gasteiger partial charge < -0.3 is 53.4 Å². The molecule has 0 radical (unpaired) electrons.